The summed E-state index contributed by atoms with van der Waals surface area (Å²) in [4.78, 5) is 59.8. The number of rotatable bonds is 6. The number of allylic oxidation sites excluding steroid dienone is 2. The molecule has 4 aromatic rings. The number of ether oxygens (including phenoxy) is 1. The van der Waals surface area contributed by atoms with Gasteiger partial charge in [-0.05, 0) is 91.4 Å². The second-order valence-electron chi connectivity index (χ2n) is 13.7. The topological polar surface area (TPSA) is 116 Å². The number of phenolic OH excluding ortho intramolecular Hbond substituents is 1. The number of aromatic hydroxyl groups is 1. The molecule has 0 spiro atoms. The number of phenols is 1. The maximum Gasteiger partial charge on any atom is 0.260 e. The molecule has 0 radical (unpaired) electrons. The number of hydrogen-bond acceptors (Lipinski definition) is 7. The molecule has 264 valence electrons. The Morgan fingerprint density at radius 1 is 0.885 bits per heavy atom. The molecule has 2 aliphatic heterocycles. The zero-order valence-corrected chi connectivity index (χ0v) is 29.5. The SMILES string of the molecule is COc1cc(O)ccc1[C@H]1C2=CC[C@@H]3C(=O)N(c4ccc(C)c(Cl)c4)C(=O)[C@@H]3[C@@H]2C[C@H]2C(=O)N(Nc3ccc(F)cc3)C(=O)[C@@]12c1ccc(Cl)cc1. The summed E-state index contributed by atoms with van der Waals surface area (Å²) in [5.74, 6) is -6.25. The van der Waals surface area contributed by atoms with Gasteiger partial charge in [-0.2, -0.15) is 5.01 Å². The van der Waals surface area contributed by atoms with Crippen molar-refractivity contribution >= 4 is 58.2 Å². The first-order valence-electron chi connectivity index (χ1n) is 16.8. The molecule has 0 aromatic heterocycles. The van der Waals surface area contributed by atoms with Crippen molar-refractivity contribution in [2.75, 3.05) is 17.4 Å². The highest BCUT2D eigenvalue weighted by Crippen LogP contribution is 2.65. The maximum atomic E-state index is 15.3. The Morgan fingerprint density at radius 2 is 1.62 bits per heavy atom. The summed E-state index contributed by atoms with van der Waals surface area (Å²) < 4.78 is 19.7. The minimum absolute atomic E-state index is 0.0693. The number of carbonyl (C=O) groups is 4. The number of benzene rings is 4. The molecule has 52 heavy (non-hydrogen) atoms. The Bertz CT molecular complexity index is 2210. The van der Waals surface area contributed by atoms with E-state index in [1.165, 1.54) is 48.4 Å². The van der Waals surface area contributed by atoms with Gasteiger partial charge in [-0.3, -0.25) is 24.6 Å². The number of imide groups is 2. The van der Waals surface area contributed by atoms with E-state index in [4.69, 9.17) is 27.9 Å². The second kappa shape index (κ2) is 12.5. The van der Waals surface area contributed by atoms with Crippen molar-refractivity contribution in [2.45, 2.75) is 31.1 Å². The predicted octanol–water partition coefficient (Wildman–Crippen LogP) is 7.34. The van der Waals surface area contributed by atoms with Gasteiger partial charge in [0.1, 0.15) is 17.3 Å². The lowest BCUT2D eigenvalue weighted by atomic mass is 9.49. The first-order valence-corrected chi connectivity index (χ1v) is 17.6. The van der Waals surface area contributed by atoms with Gasteiger partial charge in [0.15, 0.2) is 0 Å². The number of amides is 4. The van der Waals surface area contributed by atoms with Crippen LogP contribution in [0, 0.1) is 36.4 Å². The van der Waals surface area contributed by atoms with E-state index in [9.17, 15) is 23.9 Å². The molecule has 2 saturated heterocycles. The van der Waals surface area contributed by atoms with E-state index in [-0.39, 0.29) is 30.2 Å². The van der Waals surface area contributed by atoms with Crippen LogP contribution < -0.4 is 15.1 Å². The average molecular weight is 741 g/mol. The fourth-order valence-corrected chi connectivity index (χ4v) is 9.21. The van der Waals surface area contributed by atoms with Gasteiger partial charge in [0.05, 0.1) is 41.7 Å². The molecule has 2 heterocycles. The molecule has 2 N–H and O–H groups in total. The van der Waals surface area contributed by atoms with Crippen molar-refractivity contribution in [1.29, 1.82) is 0 Å². The second-order valence-corrected chi connectivity index (χ2v) is 14.6. The Labute approximate surface area is 308 Å². The lowest BCUT2D eigenvalue weighted by molar-refractivity contribution is -0.138. The predicted molar refractivity (Wildman–Crippen MR) is 192 cm³/mol. The molecule has 4 aromatic carbocycles. The third kappa shape index (κ3) is 4.95. The largest absolute Gasteiger partial charge is 0.508 e. The molecule has 9 nitrogen and oxygen atoms in total. The number of halogens is 3. The molecule has 1 saturated carbocycles. The van der Waals surface area contributed by atoms with Crippen LogP contribution in [0.3, 0.4) is 0 Å². The fraction of sp³-hybridized carbons (Fsp3) is 0.250. The summed E-state index contributed by atoms with van der Waals surface area (Å²) in [5.41, 5.74) is 4.55. The van der Waals surface area contributed by atoms with Crippen LogP contribution in [0.25, 0.3) is 0 Å². The highest BCUT2D eigenvalue weighted by atomic mass is 35.5. The minimum atomic E-state index is -1.59. The third-order valence-corrected chi connectivity index (χ3v) is 11.9. The first-order chi connectivity index (χ1) is 24.9. The van der Waals surface area contributed by atoms with Crippen LogP contribution in [0.1, 0.15) is 35.4 Å². The fourth-order valence-electron chi connectivity index (χ4n) is 8.91. The molecule has 8 rings (SSSR count). The molecule has 12 heteroatoms. The third-order valence-electron chi connectivity index (χ3n) is 11.2. The highest BCUT2D eigenvalue weighted by Gasteiger charge is 2.70. The van der Waals surface area contributed by atoms with Crippen molar-refractivity contribution in [3.8, 4) is 11.5 Å². The van der Waals surface area contributed by atoms with Gasteiger partial charge in [0.2, 0.25) is 11.8 Å². The number of fused-ring (bicyclic) bond motifs is 4. The van der Waals surface area contributed by atoms with Crippen LogP contribution in [0.15, 0.2) is 96.6 Å². The zero-order chi connectivity index (χ0) is 36.6. The molecule has 6 atom stereocenters. The maximum absolute atomic E-state index is 15.3. The summed E-state index contributed by atoms with van der Waals surface area (Å²) in [6, 6.07) is 21.7. The van der Waals surface area contributed by atoms with Crippen molar-refractivity contribution in [3.05, 3.63) is 129 Å². The van der Waals surface area contributed by atoms with Crippen LogP contribution in [0.4, 0.5) is 15.8 Å². The van der Waals surface area contributed by atoms with Crippen molar-refractivity contribution < 1.29 is 33.4 Å². The number of hydrogen-bond donors (Lipinski definition) is 2. The van der Waals surface area contributed by atoms with Crippen LogP contribution in [-0.2, 0) is 24.6 Å². The molecular formula is C40H32Cl2FN3O6. The van der Waals surface area contributed by atoms with E-state index in [1.54, 1.807) is 48.5 Å². The number of nitrogens with one attached hydrogen (secondary N) is 1. The summed E-state index contributed by atoms with van der Waals surface area (Å²) in [6.45, 7) is 1.83. The van der Waals surface area contributed by atoms with Crippen LogP contribution >= 0.6 is 23.2 Å². The number of carbonyl (C=O) groups excluding carboxylic acids is 4. The smallest absolute Gasteiger partial charge is 0.260 e. The van der Waals surface area contributed by atoms with Gasteiger partial charge in [0, 0.05) is 27.6 Å². The normalized spacial score (nSPS) is 26.6. The number of aryl methyl sites for hydroxylation is 1. The molecule has 4 amide bonds. The number of nitrogens with zero attached hydrogens (tertiary/aromatic N) is 2. The summed E-state index contributed by atoms with van der Waals surface area (Å²) in [6.07, 6.45) is 2.22. The average Bonchev–Trinajstić information content (AvgIpc) is 3.51. The van der Waals surface area contributed by atoms with Crippen LogP contribution in [-0.4, -0.2) is 40.9 Å². The number of anilines is 2. The zero-order valence-electron chi connectivity index (χ0n) is 28.0. The molecular weight excluding hydrogens is 708 g/mol. The Hall–Kier alpha value is -5.19. The Balaban J connectivity index is 1.34. The summed E-state index contributed by atoms with van der Waals surface area (Å²) >= 11 is 12.8. The first kappa shape index (κ1) is 33.9. The molecule has 4 aliphatic rings. The van der Waals surface area contributed by atoms with Gasteiger partial charge >= 0.3 is 0 Å². The van der Waals surface area contributed by atoms with Crippen molar-refractivity contribution in [3.63, 3.8) is 0 Å². The van der Waals surface area contributed by atoms with E-state index < -0.39 is 58.5 Å². The Kier molecular flexibility index (Phi) is 8.15. The van der Waals surface area contributed by atoms with Gasteiger partial charge in [-0.25, -0.2) is 9.29 Å². The minimum Gasteiger partial charge on any atom is -0.508 e. The lowest BCUT2D eigenvalue weighted by Gasteiger charge is -2.50. The van der Waals surface area contributed by atoms with E-state index in [0.717, 1.165) is 10.6 Å². The molecule has 0 unspecified atom stereocenters. The van der Waals surface area contributed by atoms with Gasteiger partial charge in [-0.15, -0.1) is 0 Å². The highest BCUT2D eigenvalue weighted by molar-refractivity contribution is 6.32. The van der Waals surface area contributed by atoms with Crippen LogP contribution in [0.2, 0.25) is 10.0 Å². The van der Waals surface area contributed by atoms with Crippen LogP contribution in [0.5, 0.6) is 11.5 Å². The number of methoxy groups -OCH3 is 1. The lowest BCUT2D eigenvalue weighted by Crippen LogP contribution is -2.53. The van der Waals surface area contributed by atoms with Crippen molar-refractivity contribution in [2.24, 2.45) is 23.7 Å². The van der Waals surface area contributed by atoms with Gasteiger partial charge in [0.25, 0.3) is 11.8 Å². The van der Waals surface area contributed by atoms with Gasteiger partial charge < -0.3 is 9.84 Å². The standard InChI is InChI=1S/C40H32Cl2FN3O6/c1-20-3-12-25(17-32(20)42)45-36(48)29-16-15-27-30(34(29)38(45)50)19-31-37(49)46(44-24-10-8-23(43)9-11-24)39(51)40(31,21-4-6-22(41)7-5-21)35(27)28-14-13-26(47)18-33(28)52-2/h3-15,17-18,29-31,34-35,44,47H,16,19H2,1-2H3/t29-,30+,31-,34-,35+,40+/m0/s1. The van der Waals surface area contributed by atoms with E-state index >= 15 is 4.79 Å². The molecule has 0 bridgehead atoms. The van der Waals surface area contributed by atoms with E-state index in [1.807, 2.05) is 13.0 Å². The van der Waals surface area contributed by atoms with Gasteiger partial charge in [-0.1, -0.05) is 59.1 Å². The molecule has 2 aliphatic carbocycles. The monoisotopic (exact) mass is 739 g/mol. The van der Waals surface area contributed by atoms with Crippen molar-refractivity contribution in [1.82, 2.24) is 5.01 Å². The van der Waals surface area contributed by atoms with E-state index in [2.05, 4.69) is 5.43 Å². The quantitative estimate of drug-likeness (QED) is 0.157. The number of hydrazine groups is 1. The summed E-state index contributed by atoms with van der Waals surface area (Å²) in [5, 5.41) is 12.3. The molecule has 3 fully saturated rings. The van der Waals surface area contributed by atoms with E-state index in [0.29, 0.717) is 38.1 Å². The summed E-state index contributed by atoms with van der Waals surface area (Å²) in [7, 11) is 1.45. The Morgan fingerprint density at radius 3 is 2.31 bits per heavy atom.